The van der Waals surface area contributed by atoms with Crippen LogP contribution in [-0.2, 0) is 6.54 Å². The largest absolute Gasteiger partial charge is 0.490 e. The molecule has 98 valence electrons. The summed E-state index contributed by atoms with van der Waals surface area (Å²) in [5, 5.41) is 3.40. The van der Waals surface area contributed by atoms with Gasteiger partial charge in [0, 0.05) is 13.1 Å². The van der Waals surface area contributed by atoms with Crippen LogP contribution in [0, 0.1) is 5.92 Å². The van der Waals surface area contributed by atoms with Crippen LogP contribution >= 0.6 is 0 Å². The highest BCUT2D eigenvalue weighted by atomic mass is 16.5. The minimum absolute atomic E-state index is 0.774. The molecule has 3 nitrogen and oxygen atoms in total. The normalized spacial score (nSPS) is 20.9. The van der Waals surface area contributed by atoms with Crippen molar-refractivity contribution >= 4 is 5.69 Å². The van der Waals surface area contributed by atoms with Crippen LogP contribution in [0.5, 0.6) is 5.75 Å². The molecule has 1 saturated heterocycles. The molecule has 0 spiro atoms. The van der Waals surface area contributed by atoms with Crippen molar-refractivity contribution in [2.45, 2.75) is 26.3 Å². The van der Waals surface area contributed by atoms with Crippen LogP contribution < -0.4 is 10.1 Å². The molecule has 1 aromatic rings. The number of nitrogens with zero attached hydrogens (tertiary/aromatic N) is 1. The average molecular weight is 246 g/mol. The van der Waals surface area contributed by atoms with Crippen LogP contribution in [0.15, 0.2) is 18.2 Å². The molecule has 0 aliphatic carbocycles. The molecule has 1 N–H and O–H groups in total. The zero-order valence-electron chi connectivity index (χ0n) is 11.1. The lowest BCUT2D eigenvalue weighted by Gasteiger charge is -2.30. The Kier molecular flexibility index (Phi) is 3.41. The molecule has 3 heteroatoms. The van der Waals surface area contributed by atoms with Gasteiger partial charge in [0.05, 0.1) is 5.69 Å². The van der Waals surface area contributed by atoms with E-state index in [-0.39, 0.29) is 0 Å². The summed E-state index contributed by atoms with van der Waals surface area (Å²) in [6, 6.07) is 6.54. The van der Waals surface area contributed by atoms with E-state index in [1.54, 1.807) is 0 Å². The van der Waals surface area contributed by atoms with Crippen LogP contribution in [0.1, 0.15) is 25.3 Å². The number of hydrogen-bond acceptors (Lipinski definition) is 3. The first-order valence-electron chi connectivity index (χ1n) is 7.03. The Hall–Kier alpha value is -1.22. The highest BCUT2D eigenvalue weighted by Gasteiger charge is 2.16. The van der Waals surface area contributed by atoms with Crippen LogP contribution in [0.3, 0.4) is 0 Å². The Labute approximate surface area is 109 Å². The van der Waals surface area contributed by atoms with Gasteiger partial charge in [-0.25, -0.2) is 0 Å². The Morgan fingerprint density at radius 2 is 2.17 bits per heavy atom. The first-order chi connectivity index (χ1) is 8.81. The summed E-state index contributed by atoms with van der Waals surface area (Å²) in [7, 11) is 0. The Balaban J connectivity index is 1.66. The molecule has 0 aromatic heterocycles. The summed E-state index contributed by atoms with van der Waals surface area (Å²) < 4.78 is 5.61. The molecule has 2 aliphatic rings. The molecule has 0 saturated carbocycles. The zero-order chi connectivity index (χ0) is 12.4. The number of benzene rings is 1. The highest BCUT2D eigenvalue weighted by Crippen LogP contribution is 2.29. The van der Waals surface area contributed by atoms with E-state index in [2.05, 4.69) is 35.3 Å². The number of likely N-dealkylation sites (tertiary alicyclic amines) is 1. The maximum Gasteiger partial charge on any atom is 0.142 e. The number of rotatable bonds is 2. The summed E-state index contributed by atoms with van der Waals surface area (Å²) in [6.07, 6.45) is 2.68. The molecule has 1 fully saturated rings. The number of fused-ring (bicyclic) bond motifs is 1. The number of hydrogen-bond donors (Lipinski definition) is 1. The van der Waals surface area contributed by atoms with Gasteiger partial charge in [-0.05, 0) is 49.5 Å². The van der Waals surface area contributed by atoms with Crippen molar-refractivity contribution in [3.05, 3.63) is 23.8 Å². The molecule has 2 aliphatic heterocycles. The number of ether oxygens (including phenoxy) is 1. The van der Waals surface area contributed by atoms with Gasteiger partial charge in [-0.1, -0.05) is 13.0 Å². The molecule has 3 rings (SSSR count). The third-order valence-corrected chi connectivity index (χ3v) is 4.00. The van der Waals surface area contributed by atoms with E-state index in [0.29, 0.717) is 0 Å². The third-order valence-electron chi connectivity index (χ3n) is 4.00. The Morgan fingerprint density at radius 3 is 3.00 bits per heavy atom. The molecule has 0 bridgehead atoms. The van der Waals surface area contributed by atoms with Crippen LogP contribution in [0.2, 0.25) is 0 Å². The van der Waals surface area contributed by atoms with Gasteiger partial charge in [0.25, 0.3) is 0 Å². The quantitative estimate of drug-likeness (QED) is 0.868. The highest BCUT2D eigenvalue weighted by molar-refractivity contribution is 5.59. The maximum atomic E-state index is 5.61. The second kappa shape index (κ2) is 5.19. The van der Waals surface area contributed by atoms with Crippen molar-refractivity contribution in [3.8, 4) is 5.75 Å². The fourth-order valence-electron chi connectivity index (χ4n) is 2.76. The second-order valence-electron chi connectivity index (χ2n) is 5.56. The topological polar surface area (TPSA) is 24.5 Å². The van der Waals surface area contributed by atoms with E-state index in [9.17, 15) is 0 Å². The summed E-state index contributed by atoms with van der Waals surface area (Å²) in [5.41, 5.74) is 2.55. The smallest absolute Gasteiger partial charge is 0.142 e. The van der Waals surface area contributed by atoms with E-state index in [4.69, 9.17) is 4.74 Å². The van der Waals surface area contributed by atoms with E-state index in [0.717, 1.165) is 37.1 Å². The van der Waals surface area contributed by atoms with Gasteiger partial charge >= 0.3 is 0 Å². The zero-order valence-corrected chi connectivity index (χ0v) is 11.1. The minimum Gasteiger partial charge on any atom is -0.490 e. The Morgan fingerprint density at radius 1 is 1.33 bits per heavy atom. The molecular formula is C15H22N2O. The lowest BCUT2D eigenvalue weighted by atomic mass is 9.99. The number of piperidine rings is 1. The number of anilines is 1. The van der Waals surface area contributed by atoms with Gasteiger partial charge in [0.15, 0.2) is 0 Å². The monoisotopic (exact) mass is 246 g/mol. The number of nitrogens with one attached hydrogen (secondary N) is 1. The first-order valence-corrected chi connectivity index (χ1v) is 7.03. The molecule has 2 heterocycles. The van der Waals surface area contributed by atoms with Crippen molar-refractivity contribution in [2.24, 2.45) is 5.92 Å². The van der Waals surface area contributed by atoms with Crippen molar-refractivity contribution in [1.29, 1.82) is 0 Å². The first kappa shape index (κ1) is 11.8. The lowest BCUT2D eigenvalue weighted by Crippen LogP contribution is -2.32. The van der Waals surface area contributed by atoms with Gasteiger partial charge in [-0.15, -0.1) is 0 Å². The molecule has 0 unspecified atom stereocenters. The minimum atomic E-state index is 0.774. The summed E-state index contributed by atoms with van der Waals surface area (Å²) in [4.78, 5) is 2.56. The third kappa shape index (κ3) is 2.61. The van der Waals surface area contributed by atoms with E-state index in [1.165, 1.54) is 31.5 Å². The fraction of sp³-hybridized carbons (Fsp3) is 0.600. The van der Waals surface area contributed by atoms with E-state index in [1.807, 2.05) is 0 Å². The second-order valence-corrected chi connectivity index (χ2v) is 5.56. The van der Waals surface area contributed by atoms with Gasteiger partial charge in [-0.3, -0.25) is 4.90 Å². The van der Waals surface area contributed by atoms with E-state index < -0.39 is 0 Å². The van der Waals surface area contributed by atoms with Gasteiger partial charge in [0.1, 0.15) is 12.4 Å². The molecule has 1 aromatic carbocycles. The standard InChI is InChI=1S/C15H22N2O/c1-12-4-7-17(8-5-12)11-13-2-3-15-14(10-13)16-6-9-18-15/h2-3,10,12,16H,4-9,11H2,1H3. The Bertz CT molecular complexity index is 411. The van der Waals surface area contributed by atoms with Crippen molar-refractivity contribution < 1.29 is 4.74 Å². The van der Waals surface area contributed by atoms with Crippen molar-refractivity contribution in [2.75, 3.05) is 31.6 Å². The summed E-state index contributed by atoms with van der Waals surface area (Å²) >= 11 is 0. The van der Waals surface area contributed by atoms with Crippen LogP contribution in [-0.4, -0.2) is 31.1 Å². The summed E-state index contributed by atoms with van der Waals surface area (Å²) in [6.45, 7) is 7.59. The van der Waals surface area contributed by atoms with Gasteiger partial charge in [-0.2, -0.15) is 0 Å². The summed E-state index contributed by atoms with van der Waals surface area (Å²) in [5.74, 6) is 1.90. The maximum absolute atomic E-state index is 5.61. The van der Waals surface area contributed by atoms with Crippen molar-refractivity contribution in [1.82, 2.24) is 4.90 Å². The molecule has 0 atom stereocenters. The predicted octanol–water partition coefficient (Wildman–Crippen LogP) is 2.72. The van der Waals surface area contributed by atoms with Gasteiger partial charge in [0.2, 0.25) is 0 Å². The average Bonchev–Trinajstić information content (AvgIpc) is 2.41. The molecular weight excluding hydrogens is 224 g/mol. The SMILES string of the molecule is CC1CCN(Cc2ccc3c(c2)NCCO3)CC1. The molecule has 0 amide bonds. The molecule has 0 radical (unpaired) electrons. The van der Waals surface area contributed by atoms with E-state index >= 15 is 0 Å². The van der Waals surface area contributed by atoms with Gasteiger partial charge < -0.3 is 10.1 Å². The van der Waals surface area contributed by atoms with Crippen LogP contribution in [0.25, 0.3) is 0 Å². The lowest BCUT2D eigenvalue weighted by molar-refractivity contribution is 0.185. The van der Waals surface area contributed by atoms with Crippen LogP contribution in [0.4, 0.5) is 5.69 Å². The fourth-order valence-corrected chi connectivity index (χ4v) is 2.76. The molecule has 18 heavy (non-hydrogen) atoms. The predicted molar refractivity (Wildman–Crippen MR) is 74.1 cm³/mol. The van der Waals surface area contributed by atoms with Crippen molar-refractivity contribution in [3.63, 3.8) is 0 Å².